The first-order valence-corrected chi connectivity index (χ1v) is 7.67. The van der Waals surface area contributed by atoms with Crippen molar-refractivity contribution in [3.8, 4) is 0 Å². The maximum Gasteiger partial charge on any atom is 0.0210 e. The standard InChI is InChI=1S/C18H29N/c1-13-10-15(3)16(11-14(13)2)12-19-17-6-8-18(4,5)9-7-17/h10-11,17,19H,6-9,12H2,1-5H3. The van der Waals surface area contributed by atoms with Crippen molar-refractivity contribution in [1.29, 1.82) is 0 Å². The smallest absolute Gasteiger partial charge is 0.0210 e. The minimum absolute atomic E-state index is 0.564. The molecule has 0 spiro atoms. The van der Waals surface area contributed by atoms with Gasteiger partial charge in [-0.2, -0.15) is 0 Å². The van der Waals surface area contributed by atoms with E-state index in [0.717, 1.165) is 6.54 Å². The molecule has 0 aromatic heterocycles. The van der Waals surface area contributed by atoms with Crippen LogP contribution in [0.15, 0.2) is 12.1 Å². The molecule has 1 aromatic rings. The van der Waals surface area contributed by atoms with Gasteiger partial charge in [0.25, 0.3) is 0 Å². The maximum absolute atomic E-state index is 3.76. The van der Waals surface area contributed by atoms with Crippen LogP contribution >= 0.6 is 0 Å². The summed E-state index contributed by atoms with van der Waals surface area (Å²) in [7, 11) is 0. The van der Waals surface area contributed by atoms with Crippen molar-refractivity contribution in [3.63, 3.8) is 0 Å². The fraction of sp³-hybridized carbons (Fsp3) is 0.667. The molecular formula is C18H29N. The number of hydrogen-bond acceptors (Lipinski definition) is 1. The minimum atomic E-state index is 0.564. The van der Waals surface area contributed by atoms with Crippen molar-refractivity contribution in [2.75, 3.05) is 0 Å². The third-order valence-electron chi connectivity index (χ3n) is 4.87. The van der Waals surface area contributed by atoms with Gasteiger partial charge in [-0.05, 0) is 74.1 Å². The molecule has 1 nitrogen and oxygen atoms in total. The molecule has 0 bridgehead atoms. The molecule has 1 saturated carbocycles. The molecule has 0 saturated heterocycles. The number of rotatable bonds is 3. The Bertz CT molecular complexity index is 435. The van der Waals surface area contributed by atoms with Crippen LogP contribution in [0, 0.1) is 26.2 Å². The van der Waals surface area contributed by atoms with E-state index in [0.29, 0.717) is 11.5 Å². The summed E-state index contributed by atoms with van der Waals surface area (Å²) in [5.41, 5.74) is 6.27. The molecule has 0 amide bonds. The lowest BCUT2D eigenvalue weighted by Crippen LogP contribution is -2.35. The Morgan fingerprint density at radius 1 is 1.00 bits per heavy atom. The summed E-state index contributed by atoms with van der Waals surface area (Å²) < 4.78 is 0. The molecule has 0 heterocycles. The van der Waals surface area contributed by atoms with Crippen molar-refractivity contribution in [3.05, 3.63) is 34.4 Å². The van der Waals surface area contributed by atoms with Gasteiger partial charge in [0, 0.05) is 12.6 Å². The normalized spacial score (nSPS) is 19.6. The first-order chi connectivity index (χ1) is 8.87. The predicted octanol–water partition coefficient (Wildman–Crippen LogP) is 4.67. The van der Waals surface area contributed by atoms with E-state index in [1.165, 1.54) is 47.9 Å². The average molecular weight is 259 g/mol. The molecule has 1 heteroatoms. The van der Waals surface area contributed by atoms with E-state index in [4.69, 9.17) is 0 Å². The monoisotopic (exact) mass is 259 g/mol. The number of benzene rings is 1. The van der Waals surface area contributed by atoms with Crippen LogP contribution < -0.4 is 5.32 Å². The second-order valence-corrected chi connectivity index (χ2v) is 7.18. The van der Waals surface area contributed by atoms with Crippen LogP contribution in [0.5, 0.6) is 0 Å². The fourth-order valence-corrected chi connectivity index (χ4v) is 3.07. The van der Waals surface area contributed by atoms with Crippen molar-refractivity contribution in [2.45, 2.75) is 72.9 Å². The molecule has 1 fully saturated rings. The van der Waals surface area contributed by atoms with Crippen LogP contribution in [-0.2, 0) is 6.54 Å². The van der Waals surface area contributed by atoms with E-state index in [1.54, 1.807) is 0 Å². The summed E-state index contributed by atoms with van der Waals surface area (Å²) in [6.45, 7) is 12.5. The van der Waals surface area contributed by atoms with E-state index in [9.17, 15) is 0 Å². The third kappa shape index (κ3) is 3.82. The van der Waals surface area contributed by atoms with Gasteiger partial charge >= 0.3 is 0 Å². The SMILES string of the molecule is Cc1cc(C)c(CNC2CCC(C)(C)CC2)cc1C. The molecule has 1 aliphatic rings. The molecule has 1 aliphatic carbocycles. The highest BCUT2D eigenvalue weighted by atomic mass is 14.9. The lowest BCUT2D eigenvalue weighted by molar-refractivity contribution is 0.206. The Morgan fingerprint density at radius 2 is 1.58 bits per heavy atom. The van der Waals surface area contributed by atoms with Crippen molar-refractivity contribution in [2.24, 2.45) is 5.41 Å². The van der Waals surface area contributed by atoms with Crippen molar-refractivity contribution in [1.82, 2.24) is 5.32 Å². The molecule has 0 atom stereocenters. The molecule has 1 aromatic carbocycles. The largest absolute Gasteiger partial charge is 0.310 e. The minimum Gasteiger partial charge on any atom is -0.310 e. The third-order valence-corrected chi connectivity index (χ3v) is 4.87. The van der Waals surface area contributed by atoms with Gasteiger partial charge in [0.2, 0.25) is 0 Å². The molecule has 0 radical (unpaired) electrons. The summed E-state index contributed by atoms with van der Waals surface area (Å²) in [6, 6.07) is 5.38. The van der Waals surface area contributed by atoms with Gasteiger partial charge in [0.1, 0.15) is 0 Å². The first-order valence-electron chi connectivity index (χ1n) is 7.67. The molecular weight excluding hydrogens is 230 g/mol. The van der Waals surface area contributed by atoms with Gasteiger partial charge in [0.15, 0.2) is 0 Å². The van der Waals surface area contributed by atoms with E-state index in [1.807, 2.05) is 0 Å². The highest BCUT2D eigenvalue weighted by Crippen LogP contribution is 2.35. The van der Waals surface area contributed by atoms with Gasteiger partial charge in [-0.15, -0.1) is 0 Å². The highest BCUT2D eigenvalue weighted by molar-refractivity contribution is 5.36. The molecule has 19 heavy (non-hydrogen) atoms. The molecule has 0 unspecified atom stereocenters. The van der Waals surface area contributed by atoms with E-state index in [2.05, 4.69) is 52.1 Å². The van der Waals surface area contributed by atoms with E-state index in [-0.39, 0.29) is 0 Å². The second kappa shape index (κ2) is 5.66. The zero-order chi connectivity index (χ0) is 14.0. The molecule has 2 rings (SSSR count). The number of nitrogens with one attached hydrogen (secondary N) is 1. The highest BCUT2D eigenvalue weighted by Gasteiger charge is 2.26. The van der Waals surface area contributed by atoms with Crippen LogP contribution in [0.3, 0.4) is 0 Å². The summed E-state index contributed by atoms with van der Waals surface area (Å²) in [5, 5.41) is 3.76. The summed E-state index contributed by atoms with van der Waals surface area (Å²) >= 11 is 0. The van der Waals surface area contributed by atoms with Crippen molar-refractivity contribution >= 4 is 0 Å². The van der Waals surface area contributed by atoms with Crippen LogP contribution in [0.2, 0.25) is 0 Å². The number of aryl methyl sites for hydroxylation is 3. The maximum atomic E-state index is 3.76. The van der Waals surface area contributed by atoms with Crippen LogP contribution in [0.4, 0.5) is 0 Å². The first kappa shape index (κ1) is 14.6. The van der Waals surface area contributed by atoms with Crippen LogP contribution in [0.25, 0.3) is 0 Å². The van der Waals surface area contributed by atoms with Gasteiger partial charge in [0.05, 0.1) is 0 Å². The fourth-order valence-electron chi connectivity index (χ4n) is 3.07. The predicted molar refractivity (Wildman–Crippen MR) is 83.5 cm³/mol. The topological polar surface area (TPSA) is 12.0 Å². The lowest BCUT2D eigenvalue weighted by Gasteiger charge is -2.34. The second-order valence-electron chi connectivity index (χ2n) is 7.18. The summed E-state index contributed by atoms with van der Waals surface area (Å²) in [5.74, 6) is 0. The van der Waals surface area contributed by atoms with Crippen molar-refractivity contribution < 1.29 is 0 Å². The number of hydrogen-bond donors (Lipinski definition) is 1. The quantitative estimate of drug-likeness (QED) is 0.831. The summed E-state index contributed by atoms with van der Waals surface area (Å²) in [6.07, 6.45) is 5.38. The van der Waals surface area contributed by atoms with E-state index < -0.39 is 0 Å². The zero-order valence-corrected chi connectivity index (χ0v) is 13.3. The Hall–Kier alpha value is -0.820. The Balaban J connectivity index is 1.91. The average Bonchev–Trinajstić information content (AvgIpc) is 2.33. The molecule has 106 valence electrons. The Labute approximate surface area is 118 Å². The summed E-state index contributed by atoms with van der Waals surface area (Å²) in [4.78, 5) is 0. The Morgan fingerprint density at radius 3 is 2.21 bits per heavy atom. The Kier molecular flexibility index (Phi) is 4.35. The van der Waals surface area contributed by atoms with Crippen LogP contribution in [-0.4, -0.2) is 6.04 Å². The van der Waals surface area contributed by atoms with Gasteiger partial charge < -0.3 is 5.32 Å². The van der Waals surface area contributed by atoms with Gasteiger partial charge in [-0.25, -0.2) is 0 Å². The van der Waals surface area contributed by atoms with Gasteiger partial charge in [-0.3, -0.25) is 0 Å². The molecule has 0 aliphatic heterocycles. The molecule has 1 N–H and O–H groups in total. The zero-order valence-electron chi connectivity index (χ0n) is 13.3. The lowest BCUT2D eigenvalue weighted by atomic mass is 9.75. The van der Waals surface area contributed by atoms with Crippen LogP contribution in [0.1, 0.15) is 61.8 Å². The van der Waals surface area contributed by atoms with Gasteiger partial charge in [-0.1, -0.05) is 26.0 Å². The van der Waals surface area contributed by atoms with E-state index >= 15 is 0 Å².